The molecule has 12 nitrogen and oxygen atoms in total. The third-order valence-corrected chi connectivity index (χ3v) is 7.96. The van der Waals surface area contributed by atoms with Crippen LogP contribution in [0.3, 0.4) is 0 Å². The third-order valence-electron chi connectivity index (χ3n) is 7.96. The lowest BCUT2D eigenvalue weighted by molar-refractivity contribution is -0.130. The maximum Gasteiger partial charge on any atom is 0.266 e. The SMILES string of the molecule is COc1ccc(CNNC(=O)[C@@]2(Cc3ccccc3CN=[N+]=[N-])N=C(c3ccc(OCCCO)cc3)O[C@H]2c2cccc(OC)c2)cc1. The van der Waals surface area contributed by atoms with E-state index in [9.17, 15) is 4.79 Å². The topological polar surface area (TPSA) is 159 Å². The minimum absolute atomic E-state index is 0.0412. The number of methoxy groups -OCH3 is 2. The number of carbonyl (C=O) groups excluding carboxylic acids is 1. The van der Waals surface area contributed by atoms with E-state index in [1.54, 1.807) is 26.4 Å². The van der Waals surface area contributed by atoms with E-state index in [1.165, 1.54) is 0 Å². The maximum atomic E-state index is 14.6. The van der Waals surface area contributed by atoms with Gasteiger partial charge in [0.1, 0.15) is 17.2 Å². The van der Waals surface area contributed by atoms with Crippen molar-refractivity contribution in [3.63, 3.8) is 0 Å². The summed E-state index contributed by atoms with van der Waals surface area (Å²) in [6, 6.07) is 29.6. The molecule has 1 aliphatic heterocycles. The van der Waals surface area contributed by atoms with Gasteiger partial charge >= 0.3 is 0 Å². The monoisotopic (exact) mass is 650 g/mol. The molecule has 0 fully saturated rings. The first-order valence-electron chi connectivity index (χ1n) is 15.5. The van der Waals surface area contributed by atoms with Crippen LogP contribution in [0, 0.1) is 0 Å². The Bertz CT molecular complexity index is 1760. The van der Waals surface area contributed by atoms with E-state index < -0.39 is 17.6 Å². The summed E-state index contributed by atoms with van der Waals surface area (Å²) >= 11 is 0. The first-order valence-corrected chi connectivity index (χ1v) is 15.5. The van der Waals surface area contributed by atoms with Crippen LogP contribution in [-0.4, -0.2) is 49.9 Å². The number of aliphatic imine (C=N–C) groups is 1. The number of azide groups is 1. The molecule has 0 bridgehead atoms. The van der Waals surface area contributed by atoms with Crippen molar-refractivity contribution in [1.29, 1.82) is 0 Å². The molecule has 0 saturated carbocycles. The molecular weight excluding hydrogens is 612 g/mol. The lowest BCUT2D eigenvalue weighted by Crippen LogP contribution is -2.53. The second kappa shape index (κ2) is 16.3. The summed E-state index contributed by atoms with van der Waals surface area (Å²) in [7, 11) is 3.19. The number of rotatable bonds is 16. The predicted octanol–water partition coefficient (Wildman–Crippen LogP) is 5.60. The van der Waals surface area contributed by atoms with Gasteiger partial charge in [0.2, 0.25) is 5.90 Å². The molecule has 248 valence electrons. The van der Waals surface area contributed by atoms with E-state index in [1.807, 2.05) is 84.9 Å². The second-order valence-corrected chi connectivity index (χ2v) is 11.1. The summed E-state index contributed by atoms with van der Waals surface area (Å²) in [5, 5.41) is 12.9. The van der Waals surface area contributed by atoms with Gasteiger partial charge in [0.05, 0.1) is 27.4 Å². The number of amides is 1. The Morgan fingerprint density at radius 1 is 0.958 bits per heavy atom. The van der Waals surface area contributed by atoms with Gasteiger partial charge in [-0.1, -0.05) is 53.6 Å². The molecule has 12 heteroatoms. The van der Waals surface area contributed by atoms with Crippen LogP contribution in [-0.2, 0) is 29.0 Å². The normalized spacial score (nSPS) is 16.6. The van der Waals surface area contributed by atoms with Gasteiger partial charge in [0.15, 0.2) is 11.6 Å². The fourth-order valence-corrected chi connectivity index (χ4v) is 5.45. The van der Waals surface area contributed by atoms with Crippen LogP contribution in [0.5, 0.6) is 17.2 Å². The van der Waals surface area contributed by atoms with Crippen LogP contribution in [0.25, 0.3) is 10.4 Å². The Balaban J connectivity index is 1.55. The van der Waals surface area contributed by atoms with Crippen molar-refractivity contribution in [3.05, 3.63) is 135 Å². The van der Waals surface area contributed by atoms with Gasteiger partial charge in [-0.15, -0.1) is 0 Å². The summed E-state index contributed by atoms with van der Waals surface area (Å²) in [6.07, 6.45) is -0.211. The van der Waals surface area contributed by atoms with E-state index in [-0.39, 0.29) is 25.5 Å². The molecule has 4 aromatic carbocycles. The van der Waals surface area contributed by atoms with Crippen molar-refractivity contribution < 1.29 is 28.8 Å². The van der Waals surface area contributed by atoms with Crippen molar-refractivity contribution in [1.82, 2.24) is 10.9 Å². The summed E-state index contributed by atoms with van der Waals surface area (Å²) in [4.78, 5) is 22.6. The Morgan fingerprint density at radius 2 is 1.69 bits per heavy atom. The largest absolute Gasteiger partial charge is 0.497 e. The van der Waals surface area contributed by atoms with Crippen molar-refractivity contribution in [2.45, 2.75) is 37.6 Å². The van der Waals surface area contributed by atoms with Crippen LogP contribution in [0.15, 0.2) is 107 Å². The number of hydrogen-bond acceptors (Lipinski definition) is 9. The lowest BCUT2D eigenvalue weighted by Gasteiger charge is -2.31. The Labute approximate surface area is 278 Å². The van der Waals surface area contributed by atoms with Gasteiger partial charge in [-0.25, -0.2) is 10.4 Å². The van der Waals surface area contributed by atoms with E-state index in [0.717, 1.165) is 22.4 Å². The summed E-state index contributed by atoms with van der Waals surface area (Å²) in [6.45, 7) is 0.879. The molecule has 3 N–H and O–H groups in total. The van der Waals surface area contributed by atoms with Crippen LogP contribution in [0.2, 0.25) is 0 Å². The van der Waals surface area contributed by atoms with Crippen molar-refractivity contribution in [2.24, 2.45) is 10.1 Å². The molecule has 1 aliphatic rings. The molecule has 5 rings (SSSR count). The van der Waals surface area contributed by atoms with E-state index in [4.69, 9.17) is 34.6 Å². The maximum absolute atomic E-state index is 14.6. The molecule has 0 radical (unpaired) electrons. The molecule has 0 aromatic heterocycles. The second-order valence-electron chi connectivity index (χ2n) is 11.1. The lowest BCUT2D eigenvalue weighted by atomic mass is 9.81. The molecular formula is C36H38N6O6. The molecule has 0 aliphatic carbocycles. The number of benzene rings is 4. The highest BCUT2D eigenvalue weighted by molar-refractivity contribution is 6.01. The number of carbonyl (C=O) groups is 1. The molecule has 1 amide bonds. The zero-order valence-electron chi connectivity index (χ0n) is 26.8. The van der Waals surface area contributed by atoms with Crippen molar-refractivity contribution >= 4 is 11.8 Å². The van der Waals surface area contributed by atoms with Crippen molar-refractivity contribution in [3.8, 4) is 17.2 Å². The predicted molar refractivity (Wildman–Crippen MR) is 181 cm³/mol. The number of nitrogens with zero attached hydrogens (tertiary/aromatic N) is 4. The average Bonchev–Trinajstić information content (AvgIpc) is 3.52. The van der Waals surface area contributed by atoms with Crippen LogP contribution >= 0.6 is 0 Å². The van der Waals surface area contributed by atoms with E-state index in [0.29, 0.717) is 42.2 Å². The number of nitrogens with one attached hydrogen (secondary N) is 2. The van der Waals surface area contributed by atoms with E-state index >= 15 is 0 Å². The Morgan fingerprint density at radius 3 is 2.40 bits per heavy atom. The van der Waals surface area contributed by atoms with Crippen LogP contribution < -0.4 is 25.1 Å². The Kier molecular flexibility index (Phi) is 11.5. The van der Waals surface area contributed by atoms with Gasteiger partial charge in [-0.2, -0.15) is 0 Å². The molecule has 48 heavy (non-hydrogen) atoms. The summed E-state index contributed by atoms with van der Waals surface area (Å²) in [5.41, 5.74) is 17.3. The minimum Gasteiger partial charge on any atom is -0.497 e. The number of hydrazine groups is 1. The number of hydrogen-bond donors (Lipinski definition) is 3. The van der Waals surface area contributed by atoms with Crippen molar-refractivity contribution in [2.75, 3.05) is 27.4 Å². The Hall–Kier alpha value is -5.55. The zero-order chi connectivity index (χ0) is 33.8. The average molecular weight is 651 g/mol. The van der Waals surface area contributed by atoms with Gasteiger partial charge in [-0.3, -0.25) is 10.2 Å². The first kappa shape index (κ1) is 33.8. The summed E-state index contributed by atoms with van der Waals surface area (Å²) < 4.78 is 23.1. The molecule has 0 spiro atoms. The fraction of sp³-hybridized carbons (Fsp3) is 0.278. The van der Waals surface area contributed by atoms with Gasteiger partial charge in [0.25, 0.3) is 5.91 Å². The molecule has 0 unspecified atom stereocenters. The number of aliphatic hydroxyl groups is 1. The molecule has 2 atom stereocenters. The quantitative estimate of drug-likeness (QED) is 0.0468. The fourth-order valence-electron chi connectivity index (χ4n) is 5.45. The smallest absolute Gasteiger partial charge is 0.266 e. The third kappa shape index (κ3) is 8.05. The first-order chi connectivity index (χ1) is 23.5. The van der Waals surface area contributed by atoms with Crippen LogP contribution in [0.1, 0.15) is 40.3 Å². The van der Waals surface area contributed by atoms with Crippen LogP contribution in [0.4, 0.5) is 0 Å². The molecule has 4 aromatic rings. The molecule has 1 heterocycles. The number of aliphatic hydroxyl groups excluding tert-OH is 1. The molecule has 0 saturated heterocycles. The van der Waals surface area contributed by atoms with Gasteiger partial charge in [-0.05, 0) is 76.3 Å². The van der Waals surface area contributed by atoms with E-state index in [2.05, 4.69) is 20.9 Å². The standard InChI is InChI=1S/C36H38N6O6/c1-45-30-15-11-25(12-16-30)23-38-41-35(44)36(22-28-7-3-4-8-29(28)24-39-42-37)33(27-9-5-10-32(21-27)46-2)48-34(40-36)26-13-17-31(18-14-26)47-20-6-19-43/h3-5,7-18,21,33,38,43H,6,19-20,22-24H2,1-2H3,(H,41,44)/t33-,36-/m0/s1. The van der Waals surface area contributed by atoms with Gasteiger partial charge in [0, 0.05) is 36.5 Å². The summed E-state index contributed by atoms with van der Waals surface area (Å²) in [5.74, 6) is 1.83. The number of ether oxygens (including phenoxy) is 4. The zero-order valence-corrected chi connectivity index (χ0v) is 26.8. The highest BCUT2D eigenvalue weighted by Gasteiger charge is 2.53. The highest BCUT2D eigenvalue weighted by atomic mass is 16.5. The minimum atomic E-state index is -1.50. The van der Waals surface area contributed by atoms with Gasteiger partial charge < -0.3 is 24.1 Å². The highest BCUT2D eigenvalue weighted by Crippen LogP contribution is 2.43.